The number of aryl methyl sites for hydroxylation is 2. The van der Waals surface area contributed by atoms with Crippen LogP contribution in [0.5, 0.6) is 0 Å². The number of hydrogen-bond donors (Lipinski definition) is 0. The Bertz CT molecular complexity index is 587. The van der Waals surface area contributed by atoms with Gasteiger partial charge in [0.1, 0.15) is 5.39 Å². The van der Waals surface area contributed by atoms with Crippen molar-refractivity contribution in [2.45, 2.75) is 13.0 Å². The van der Waals surface area contributed by atoms with Crippen LogP contribution in [0.4, 0.5) is 0 Å². The van der Waals surface area contributed by atoms with E-state index in [4.69, 9.17) is 6.42 Å². The highest BCUT2D eigenvalue weighted by molar-refractivity contribution is 5.72. The topological polar surface area (TPSA) is 52.7 Å². The molecule has 15 heavy (non-hydrogen) atoms. The van der Waals surface area contributed by atoms with Gasteiger partial charge in [0, 0.05) is 20.0 Å². The molecule has 0 N–H and O–H groups in total. The summed E-state index contributed by atoms with van der Waals surface area (Å²) >= 11 is 0. The Kier molecular flexibility index (Phi) is 2.26. The maximum atomic E-state index is 11.8. The molecule has 0 radical (unpaired) electrons. The molecule has 2 heterocycles. The van der Waals surface area contributed by atoms with Crippen molar-refractivity contribution >= 4 is 11.0 Å². The molecule has 0 atom stereocenters. The Hall–Kier alpha value is -2.09. The van der Waals surface area contributed by atoms with E-state index in [2.05, 4.69) is 16.0 Å². The van der Waals surface area contributed by atoms with Crippen LogP contribution in [-0.4, -0.2) is 19.3 Å². The minimum Gasteiger partial charge on any atom is -0.298 e. The Labute approximate surface area is 86.4 Å². The number of aromatic nitrogens is 4. The van der Waals surface area contributed by atoms with Crippen molar-refractivity contribution in [3.63, 3.8) is 0 Å². The summed E-state index contributed by atoms with van der Waals surface area (Å²) in [5.41, 5.74) is 0.500. The van der Waals surface area contributed by atoms with Gasteiger partial charge >= 0.3 is 0 Å². The molecule has 0 unspecified atom stereocenters. The predicted octanol–water partition coefficient (Wildman–Crippen LogP) is 0.153. The van der Waals surface area contributed by atoms with Crippen molar-refractivity contribution in [1.29, 1.82) is 0 Å². The summed E-state index contributed by atoms with van der Waals surface area (Å²) < 4.78 is 3.08. The first-order chi connectivity index (χ1) is 7.24. The van der Waals surface area contributed by atoms with Gasteiger partial charge < -0.3 is 0 Å². The average Bonchev–Trinajstić information content (AvgIpc) is 2.61. The number of hydrogen-bond acceptors (Lipinski definition) is 3. The lowest BCUT2D eigenvalue weighted by atomic mass is 10.4. The molecule has 0 fully saturated rings. The summed E-state index contributed by atoms with van der Waals surface area (Å²) in [5.74, 6) is 2.49. The fourth-order valence-electron chi connectivity index (χ4n) is 1.41. The lowest BCUT2D eigenvalue weighted by Crippen LogP contribution is -2.20. The lowest BCUT2D eigenvalue weighted by molar-refractivity contribution is 0.678. The predicted molar refractivity (Wildman–Crippen MR) is 56.2 cm³/mol. The van der Waals surface area contributed by atoms with Gasteiger partial charge in [-0.05, 0) is 0 Å². The van der Waals surface area contributed by atoms with Gasteiger partial charge in [0.15, 0.2) is 5.65 Å². The van der Waals surface area contributed by atoms with E-state index in [1.807, 2.05) is 0 Å². The zero-order valence-corrected chi connectivity index (χ0v) is 8.34. The van der Waals surface area contributed by atoms with Crippen LogP contribution in [0.1, 0.15) is 6.42 Å². The van der Waals surface area contributed by atoms with Crippen molar-refractivity contribution in [1.82, 2.24) is 19.3 Å². The van der Waals surface area contributed by atoms with E-state index < -0.39 is 0 Å². The van der Waals surface area contributed by atoms with Crippen LogP contribution in [0.2, 0.25) is 0 Å². The van der Waals surface area contributed by atoms with Gasteiger partial charge in [-0.25, -0.2) is 4.98 Å². The molecule has 0 aliphatic rings. The van der Waals surface area contributed by atoms with Crippen LogP contribution in [-0.2, 0) is 13.6 Å². The highest BCUT2D eigenvalue weighted by Gasteiger charge is 2.06. The van der Waals surface area contributed by atoms with Gasteiger partial charge in [0.25, 0.3) is 5.56 Å². The Balaban J connectivity index is 2.57. The quantitative estimate of drug-likeness (QED) is 0.651. The largest absolute Gasteiger partial charge is 0.298 e. The fourth-order valence-corrected chi connectivity index (χ4v) is 1.41. The van der Waals surface area contributed by atoms with Gasteiger partial charge in [-0.3, -0.25) is 14.0 Å². The van der Waals surface area contributed by atoms with Gasteiger partial charge in [-0.1, -0.05) is 0 Å². The molecule has 0 bridgehead atoms. The molecule has 2 aromatic heterocycles. The summed E-state index contributed by atoms with van der Waals surface area (Å²) in [6.45, 7) is 0.493. The standard InChI is InChI=1S/C10H10N4O/c1-3-4-5-14-7-11-9-8(10(14)15)6-12-13(9)2/h1,6-7H,4-5H2,2H3. The highest BCUT2D eigenvalue weighted by Crippen LogP contribution is 2.02. The molecular weight excluding hydrogens is 192 g/mol. The maximum absolute atomic E-state index is 11.8. The monoisotopic (exact) mass is 202 g/mol. The van der Waals surface area contributed by atoms with Crippen LogP contribution in [0.25, 0.3) is 11.0 Å². The van der Waals surface area contributed by atoms with Crippen LogP contribution in [0.3, 0.4) is 0 Å². The van der Waals surface area contributed by atoms with E-state index in [1.165, 1.54) is 17.1 Å². The second-order valence-corrected chi connectivity index (χ2v) is 3.20. The minimum absolute atomic E-state index is 0.0941. The molecule has 2 rings (SSSR count). The van der Waals surface area contributed by atoms with E-state index in [9.17, 15) is 4.79 Å². The molecule has 0 aromatic carbocycles. The van der Waals surface area contributed by atoms with E-state index in [-0.39, 0.29) is 5.56 Å². The number of nitrogens with zero attached hydrogens (tertiary/aromatic N) is 4. The van der Waals surface area contributed by atoms with Crippen molar-refractivity contribution in [2.24, 2.45) is 7.05 Å². The Morgan fingerprint density at radius 2 is 2.40 bits per heavy atom. The van der Waals surface area contributed by atoms with Crippen molar-refractivity contribution in [2.75, 3.05) is 0 Å². The molecule has 0 saturated carbocycles. The first kappa shape index (κ1) is 9.46. The van der Waals surface area contributed by atoms with Crippen molar-refractivity contribution in [3.8, 4) is 12.3 Å². The third-order valence-corrected chi connectivity index (χ3v) is 2.22. The SMILES string of the molecule is C#CCCn1cnc2c(cnn2C)c1=O. The molecular formula is C10H10N4O. The molecule has 0 amide bonds. The molecule has 0 aliphatic heterocycles. The average molecular weight is 202 g/mol. The van der Waals surface area contributed by atoms with Gasteiger partial charge in [0.2, 0.25) is 0 Å². The third kappa shape index (κ3) is 1.50. The van der Waals surface area contributed by atoms with Crippen molar-refractivity contribution in [3.05, 3.63) is 22.9 Å². The summed E-state index contributed by atoms with van der Waals surface area (Å²) in [6, 6.07) is 0. The molecule has 2 aromatic rings. The van der Waals surface area contributed by atoms with Gasteiger partial charge in [-0.15, -0.1) is 12.3 Å². The maximum Gasteiger partial charge on any atom is 0.264 e. The Morgan fingerprint density at radius 3 is 3.13 bits per heavy atom. The number of terminal acetylenes is 1. The summed E-state index contributed by atoms with van der Waals surface area (Å²) in [5, 5.41) is 4.50. The van der Waals surface area contributed by atoms with E-state index in [0.29, 0.717) is 24.0 Å². The smallest absolute Gasteiger partial charge is 0.264 e. The number of rotatable bonds is 2. The van der Waals surface area contributed by atoms with Crippen LogP contribution in [0, 0.1) is 12.3 Å². The highest BCUT2D eigenvalue weighted by atomic mass is 16.1. The summed E-state index contributed by atoms with van der Waals surface area (Å²) in [7, 11) is 1.75. The Morgan fingerprint density at radius 1 is 1.60 bits per heavy atom. The zero-order valence-electron chi connectivity index (χ0n) is 8.34. The fraction of sp³-hybridized carbons (Fsp3) is 0.300. The second-order valence-electron chi connectivity index (χ2n) is 3.20. The van der Waals surface area contributed by atoms with E-state index in [0.717, 1.165) is 0 Å². The minimum atomic E-state index is -0.0941. The molecule has 5 nitrogen and oxygen atoms in total. The molecule has 76 valence electrons. The molecule has 0 spiro atoms. The summed E-state index contributed by atoms with van der Waals surface area (Å²) in [6.07, 6.45) is 8.69. The summed E-state index contributed by atoms with van der Waals surface area (Å²) in [4.78, 5) is 16.0. The molecule has 0 saturated heterocycles. The van der Waals surface area contributed by atoms with Gasteiger partial charge in [0.05, 0.1) is 12.5 Å². The van der Waals surface area contributed by atoms with Crippen molar-refractivity contribution < 1.29 is 0 Å². The molecule has 5 heteroatoms. The van der Waals surface area contributed by atoms with Crippen LogP contribution >= 0.6 is 0 Å². The van der Waals surface area contributed by atoms with Crippen LogP contribution in [0.15, 0.2) is 17.3 Å². The van der Waals surface area contributed by atoms with Gasteiger partial charge in [-0.2, -0.15) is 5.10 Å². The first-order valence-corrected chi connectivity index (χ1v) is 4.54. The zero-order chi connectivity index (χ0) is 10.8. The van der Waals surface area contributed by atoms with E-state index >= 15 is 0 Å². The second kappa shape index (κ2) is 3.58. The lowest BCUT2D eigenvalue weighted by Gasteiger charge is -2.01. The first-order valence-electron chi connectivity index (χ1n) is 4.54. The van der Waals surface area contributed by atoms with Crippen LogP contribution < -0.4 is 5.56 Å². The normalized spacial score (nSPS) is 10.4. The number of fused-ring (bicyclic) bond motifs is 1. The molecule has 0 aliphatic carbocycles. The third-order valence-electron chi connectivity index (χ3n) is 2.22. The van der Waals surface area contributed by atoms with E-state index in [1.54, 1.807) is 11.7 Å².